The van der Waals surface area contributed by atoms with E-state index in [9.17, 15) is 18.0 Å². The monoisotopic (exact) mass is 354 g/mol. The van der Waals surface area contributed by atoms with Crippen LogP contribution in [0.15, 0.2) is 18.2 Å². The van der Waals surface area contributed by atoms with Crippen LogP contribution >= 0.6 is 0 Å². The largest absolute Gasteiger partial charge is 0.483 e. The third kappa shape index (κ3) is 5.23. The van der Waals surface area contributed by atoms with Gasteiger partial charge in [-0.25, -0.2) is 8.42 Å². The summed E-state index contributed by atoms with van der Waals surface area (Å²) in [5.41, 5.74) is 6.41. The van der Waals surface area contributed by atoms with Gasteiger partial charge in [0.25, 0.3) is 5.91 Å². The fourth-order valence-electron chi connectivity index (χ4n) is 2.69. The maximum atomic E-state index is 11.7. The molecule has 0 saturated carbocycles. The quantitative estimate of drug-likeness (QED) is 0.756. The van der Waals surface area contributed by atoms with Crippen LogP contribution in [0.25, 0.3) is 0 Å². The molecule has 132 valence electrons. The molecule has 1 heterocycles. The molecule has 1 fully saturated rings. The summed E-state index contributed by atoms with van der Waals surface area (Å²) in [6.07, 6.45) is 0.566. The van der Waals surface area contributed by atoms with Crippen LogP contribution in [-0.2, 0) is 19.4 Å². The first-order valence-electron chi connectivity index (χ1n) is 7.74. The Labute approximate surface area is 141 Å². The Morgan fingerprint density at radius 3 is 2.38 bits per heavy atom. The van der Waals surface area contributed by atoms with E-state index in [1.807, 2.05) is 32.0 Å². The van der Waals surface area contributed by atoms with Crippen LogP contribution in [0.1, 0.15) is 24.0 Å². The zero-order chi connectivity index (χ0) is 17.7. The van der Waals surface area contributed by atoms with E-state index in [1.165, 1.54) is 0 Å². The van der Waals surface area contributed by atoms with Crippen LogP contribution in [0.5, 0.6) is 5.75 Å². The Balaban J connectivity index is 1.72. The van der Waals surface area contributed by atoms with E-state index in [4.69, 9.17) is 4.74 Å². The van der Waals surface area contributed by atoms with E-state index in [-0.39, 0.29) is 30.5 Å². The van der Waals surface area contributed by atoms with Crippen LogP contribution in [0.2, 0.25) is 0 Å². The Kier molecular flexibility index (Phi) is 5.82. The lowest BCUT2D eigenvalue weighted by molar-refractivity contribution is -0.130. The van der Waals surface area contributed by atoms with Crippen molar-refractivity contribution in [1.82, 2.24) is 10.9 Å². The molecule has 1 aromatic rings. The Morgan fingerprint density at radius 1 is 1.17 bits per heavy atom. The lowest BCUT2D eigenvalue weighted by atomic mass is 10.1. The number of carbonyl (C=O) groups is 2. The fourth-order valence-corrected chi connectivity index (χ4v) is 4.55. The van der Waals surface area contributed by atoms with Gasteiger partial charge in [-0.05, 0) is 37.3 Å². The third-order valence-electron chi connectivity index (χ3n) is 3.90. The standard InChI is InChI=1S/C16H22N2O5S/c1-11-4-3-5-12(2)16(11)23-9-15(20)18-17-14(19)8-13-6-7-24(21,22)10-13/h3-5,13H,6-10H2,1-2H3,(H,17,19)(H,18,20)/t13-/m1/s1. The molecule has 1 aliphatic rings. The van der Waals surface area contributed by atoms with Gasteiger partial charge in [0.05, 0.1) is 11.5 Å². The van der Waals surface area contributed by atoms with Gasteiger partial charge in [0.1, 0.15) is 5.75 Å². The summed E-state index contributed by atoms with van der Waals surface area (Å²) in [6, 6.07) is 5.68. The minimum Gasteiger partial charge on any atom is -0.483 e. The van der Waals surface area contributed by atoms with Crippen LogP contribution in [0.4, 0.5) is 0 Å². The molecule has 2 rings (SSSR count). The highest BCUT2D eigenvalue weighted by Crippen LogP contribution is 2.22. The number of aryl methyl sites for hydroxylation is 2. The molecule has 24 heavy (non-hydrogen) atoms. The lowest BCUT2D eigenvalue weighted by Crippen LogP contribution is -2.44. The van der Waals surface area contributed by atoms with Gasteiger partial charge in [0, 0.05) is 6.42 Å². The normalized spacial score (nSPS) is 18.8. The van der Waals surface area contributed by atoms with Gasteiger partial charge in [0.2, 0.25) is 5.91 Å². The smallest absolute Gasteiger partial charge is 0.276 e. The Hall–Kier alpha value is -2.09. The molecule has 1 aromatic carbocycles. The van der Waals surface area contributed by atoms with Gasteiger partial charge < -0.3 is 4.74 Å². The van der Waals surface area contributed by atoms with Gasteiger partial charge in [0.15, 0.2) is 16.4 Å². The summed E-state index contributed by atoms with van der Waals surface area (Å²) in [5.74, 6) is -0.263. The molecule has 0 aliphatic carbocycles. The molecule has 2 amide bonds. The second kappa shape index (κ2) is 7.65. The SMILES string of the molecule is Cc1cccc(C)c1OCC(=O)NNC(=O)C[C@H]1CCS(=O)(=O)C1. The maximum absolute atomic E-state index is 11.7. The molecule has 1 aliphatic heterocycles. The average molecular weight is 354 g/mol. The third-order valence-corrected chi connectivity index (χ3v) is 5.74. The zero-order valence-corrected chi connectivity index (χ0v) is 14.6. The molecular weight excluding hydrogens is 332 g/mol. The van der Waals surface area contributed by atoms with Crippen LogP contribution in [0, 0.1) is 19.8 Å². The molecule has 1 atom stereocenters. The Bertz CT molecular complexity index is 710. The summed E-state index contributed by atoms with van der Waals surface area (Å²) >= 11 is 0. The van der Waals surface area contributed by atoms with Crippen LogP contribution < -0.4 is 15.6 Å². The second-order valence-corrected chi connectivity index (χ2v) is 8.31. The van der Waals surface area contributed by atoms with Gasteiger partial charge in [-0.15, -0.1) is 0 Å². The van der Waals surface area contributed by atoms with Crippen molar-refractivity contribution in [3.05, 3.63) is 29.3 Å². The predicted molar refractivity (Wildman–Crippen MR) is 89.1 cm³/mol. The summed E-state index contributed by atoms with van der Waals surface area (Å²) < 4.78 is 28.2. The van der Waals surface area contributed by atoms with Gasteiger partial charge >= 0.3 is 0 Å². The first kappa shape index (κ1) is 18.3. The first-order chi connectivity index (χ1) is 11.3. The van der Waals surface area contributed by atoms with Gasteiger partial charge in [-0.3, -0.25) is 20.4 Å². The number of hydrogen-bond acceptors (Lipinski definition) is 5. The van der Waals surface area contributed by atoms with E-state index in [2.05, 4.69) is 10.9 Å². The number of ether oxygens (including phenoxy) is 1. The van der Waals surface area contributed by atoms with E-state index in [0.29, 0.717) is 12.2 Å². The summed E-state index contributed by atoms with van der Waals surface area (Å²) in [7, 11) is -3.01. The van der Waals surface area contributed by atoms with Crippen molar-refractivity contribution in [3.8, 4) is 5.75 Å². The molecule has 2 N–H and O–H groups in total. The number of sulfone groups is 1. The molecule has 0 radical (unpaired) electrons. The highest BCUT2D eigenvalue weighted by molar-refractivity contribution is 7.91. The minimum absolute atomic E-state index is 0.0318. The number of amides is 2. The number of carbonyl (C=O) groups excluding carboxylic acids is 2. The summed E-state index contributed by atoms with van der Waals surface area (Å²) in [6.45, 7) is 3.55. The van der Waals surface area contributed by atoms with Crippen molar-refractivity contribution in [2.24, 2.45) is 5.92 Å². The van der Waals surface area contributed by atoms with Gasteiger partial charge in [-0.1, -0.05) is 18.2 Å². The molecule has 7 nitrogen and oxygen atoms in total. The molecule has 0 unspecified atom stereocenters. The summed E-state index contributed by atoms with van der Waals surface area (Å²) in [5, 5.41) is 0. The van der Waals surface area contributed by atoms with Crippen molar-refractivity contribution in [1.29, 1.82) is 0 Å². The molecule has 1 saturated heterocycles. The lowest BCUT2D eigenvalue weighted by Gasteiger charge is -2.13. The van der Waals surface area contributed by atoms with Crippen LogP contribution in [-0.4, -0.2) is 38.3 Å². The number of benzene rings is 1. The number of rotatable bonds is 5. The molecule has 0 aromatic heterocycles. The number of para-hydroxylation sites is 1. The average Bonchev–Trinajstić information content (AvgIpc) is 2.83. The van der Waals surface area contributed by atoms with Gasteiger partial charge in [-0.2, -0.15) is 0 Å². The van der Waals surface area contributed by atoms with Crippen molar-refractivity contribution < 1.29 is 22.7 Å². The highest BCUT2D eigenvalue weighted by Gasteiger charge is 2.29. The van der Waals surface area contributed by atoms with Crippen molar-refractivity contribution in [2.75, 3.05) is 18.1 Å². The van der Waals surface area contributed by atoms with E-state index in [1.54, 1.807) is 0 Å². The van der Waals surface area contributed by atoms with E-state index in [0.717, 1.165) is 11.1 Å². The Morgan fingerprint density at radius 2 is 1.79 bits per heavy atom. The van der Waals surface area contributed by atoms with Crippen molar-refractivity contribution >= 4 is 21.7 Å². The zero-order valence-electron chi connectivity index (χ0n) is 13.8. The predicted octanol–water partition coefficient (Wildman–Crippen LogP) is 0.654. The van der Waals surface area contributed by atoms with E-state index < -0.39 is 21.7 Å². The van der Waals surface area contributed by atoms with Crippen molar-refractivity contribution in [2.45, 2.75) is 26.7 Å². The number of hydrogen-bond donors (Lipinski definition) is 2. The topological polar surface area (TPSA) is 102 Å². The molecule has 0 spiro atoms. The maximum Gasteiger partial charge on any atom is 0.276 e. The molecule has 8 heteroatoms. The summed E-state index contributed by atoms with van der Waals surface area (Å²) in [4.78, 5) is 23.5. The first-order valence-corrected chi connectivity index (χ1v) is 9.56. The number of hydrazine groups is 1. The fraction of sp³-hybridized carbons (Fsp3) is 0.500. The van der Waals surface area contributed by atoms with E-state index >= 15 is 0 Å². The molecular formula is C16H22N2O5S. The van der Waals surface area contributed by atoms with Crippen LogP contribution in [0.3, 0.4) is 0 Å². The second-order valence-electron chi connectivity index (χ2n) is 6.08. The number of nitrogens with one attached hydrogen (secondary N) is 2. The molecule has 0 bridgehead atoms. The highest BCUT2D eigenvalue weighted by atomic mass is 32.2. The minimum atomic E-state index is -3.01. The van der Waals surface area contributed by atoms with Crippen molar-refractivity contribution in [3.63, 3.8) is 0 Å².